The summed E-state index contributed by atoms with van der Waals surface area (Å²) >= 11 is 0. The Hall–Kier alpha value is -2.15. The second-order valence-electron chi connectivity index (χ2n) is 6.00. The number of Topliss-reactive ketones (excluding diaryl/α,β-unsaturated/α-hetero) is 1. The molecule has 0 aliphatic carbocycles. The number of carbonyl (C=O) groups excluding carboxylic acids is 1. The number of aryl methyl sites for hydroxylation is 1. The van der Waals surface area contributed by atoms with Crippen molar-refractivity contribution in [3.05, 3.63) is 41.5 Å². The van der Waals surface area contributed by atoms with Gasteiger partial charge in [0.25, 0.3) is 0 Å². The minimum absolute atomic E-state index is 0.0465. The van der Waals surface area contributed by atoms with Gasteiger partial charge in [0.05, 0.1) is 6.04 Å². The van der Waals surface area contributed by atoms with Crippen LogP contribution in [0.25, 0.3) is 0 Å². The highest BCUT2D eigenvalue weighted by Crippen LogP contribution is 2.30. The van der Waals surface area contributed by atoms with Crippen LogP contribution in [0.3, 0.4) is 0 Å². The van der Waals surface area contributed by atoms with Crippen molar-refractivity contribution in [2.24, 2.45) is 7.05 Å². The van der Waals surface area contributed by atoms with Crippen molar-refractivity contribution >= 4 is 5.78 Å². The Kier molecular flexibility index (Phi) is 4.47. The van der Waals surface area contributed by atoms with Gasteiger partial charge in [-0.25, -0.2) is 9.07 Å². The summed E-state index contributed by atoms with van der Waals surface area (Å²) in [5.41, 5.74) is 0.561. The number of carbonyl (C=O) groups is 1. The number of nitrogens with zero attached hydrogens (tertiary/aromatic N) is 5. The lowest BCUT2D eigenvalue weighted by Gasteiger charge is -2.29. The maximum absolute atomic E-state index is 13.0. The molecule has 1 aliphatic heterocycles. The Morgan fingerprint density at radius 2 is 2.13 bits per heavy atom. The molecule has 1 aromatic heterocycles. The van der Waals surface area contributed by atoms with E-state index in [1.807, 2.05) is 7.05 Å². The number of tetrazole rings is 1. The first-order chi connectivity index (χ1) is 11.1. The average Bonchev–Trinajstić information content (AvgIpc) is 3.16. The molecule has 1 fully saturated rings. The molecule has 2 atom stereocenters. The molecule has 0 amide bonds. The topological polar surface area (TPSA) is 63.9 Å². The summed E-state index contributed by atoms with van der Waals surface area (Å²) in [6.45, 7) is 2.99. The summed E-state index contributed by atoms with van der Waals surface area (Å²) in [5, 5.41) is 11.6. The fourth-order valence-electron chi connectivity index (χ4n) is 3.29. The number of aromatic nitrogens is 4. The van der Waals surface area contributed by atoms with Crippen molar-refractivity contribution in [3.8, 4) is 0 Å². The van der Waals surface area contributed by atoms with E-state index in [1.165, 1.54) is 12.1 Å². The predicted octanol–water partition coefficient (Wildman–Crippen LogP) is 2.15. The third-order valence-corrected chi connectivity index (χ3v) is 4.53. The molecule has 0 bridgehead atoms. The van der Waals surface area contributed by atoms with Crippen LogP contribution in [0.5, 0.6) is 0 Å². The summed E-state index contributed by atoms with van der Waals surface area (Å²) in [7, 11) is 1.82. The van der Waals surface area contributed by atoms with Crippen molar-refractivity contribution in [3.63, 3.8) is 0 Å². The lowest BCUT2D eigenvalue weighted by atomic mass is 10.0. The third kappa shape index (κ3) is 3.29. The van der Waals surface area contributed by atoms with Gasteiger partial charge in [0.2, 0.25) is 0 Å². The molecule has 0 radical (unpaired) electrons. The molecule has 0 saturated carbocycles. The Bertz CT molecular complexity index is 684. The molecule has 1 aromatic carbocycles. The largest absolute Gasteiger partial charge is 0.294 e. The number of halogens is 1. The number of rotatable bonds is 5. The molecule has 0 unspecified atom stereocenters. The summed E-state index contributed by atoms with van der Waals surface area (Å²) in [6, 6.07) is 5.98. The Morgan fingerprint density at radius 1 is 1.39 bits per heavy atom. The molecule has 1 saturated heterocycles. The third-order valence-electron chi connectivity index (χ3n) is 4.53. The molecule has 6 nitrogen and oxygen atoms in total. The quantitative estimate of drug-likeness (QED) is 0.791. The highest BCUT2D eigenvalue weighted by atomic mass is 19.1. The van der Waals surface area contributed by atoms with E-state index in [4.69, 9.17) is 0 Å². The monoisotopic (exact) mass is 317 g/mol. The molecular formula is C16H20FN5O. The van der Waals surface area contributed by atoms with Crippen LogP contribution in [0.1, 0.15) is 48.4 Å². The van der Waals surface area contributed by atoms with E-state index in [9.17, 15) is 9.18 Å². The van der Waals surface area contributed by atoms with Crippen molar-refractivity contribution < 1.29 is 9.18 Å². The van der Waals surface area contributed by atoms with Gasteiger partial charge >= 0.3 is 0 Å². The van der Waals surface area contributed by atoms with Gasteiger partial charge in [-0.3, -0.25) is 9.69 Å². The van der Waals surface area contributed by atoms with Gasteiger partial charge in [-0.1, -0.05) is 0 Å². The number of likely N-dealkylation sites (tertiary alicyclic amines) is 1. The van der Waals surface area contributed by atoms with Gasteiger partial charge in [-0.15, -0.1) is 5.10 Å². The summed E-state index contributed by atoms with van der Waals surface area (Å²) < 4.78 is 14.6. The van der Waals surface area contributed by atoms with Crippen LogP contribution >= 0.6 is 0 Å². The summed E-state index contributed by atoms with van der Waals surface area (Å²) in [5.74, 6) is 0.517. The van der Waals surface area contributed by atoms with Crippen LogP contribution in [0.4, 0.5) is 4.39 Å². The maximum Gasteiger partial charge on any atom is 0.167 e. The van der Waals surface area contributed by atoms with Crippen LogP contribution in [-0.2, 0) is 7.05 Å². The minimum Gasteiger partial charge on any atom is -0.294 e. The minimum atomic E-state index is -0.326. The van der Waals surface area contributed by atoms with Gasteiger partial charge in [0.15, 0.2) is 11.6 Å². The van der Waals surface area contributed by atoms with E-state index >= 15 is 0 Å². The summed E-state index contributed by atoms with van der Waals surface area (Å²) in [4.78, 5) is 14.7. The zero-order valence-corrected chi connectivity index (χ0v) is 13.3. The molecule has 23 heavy (non-hydrogen) atoms. The van der Waals surface area contributed by atoms with Crippen LogP contribution in [0.15, 0.2) is 24.3 Å². The number of benzene rings is 1. The first-order valence-electron chi connectivity index (χ1n) is 7.83. The van der Waals surface area contributed by atoms with Crippen LogP contribution in [0.2, 0.25) is 0 Å². The van der Waals surface area contributed by atoms with E-state index in [-0.39, 0.29) is 23.7 Å². The predicted molar refractivity (Wildman–Crippen MR) is 82.3 cm³/mol. The molecule has 1 aliphatic rings. The van der Waals surface area contributed by atoms with Gasteiger partial charge in [-0.05, 0) is 61.0 Å². The van der Waals surface area contributed by atoms with Gasteiger partial charge in [-0.2, -0.15) is 0 Å². The van der Waals surface area contributed by atoms with Crippen LogP contribution in [-0.4, -0.2) is 43.5 Å². The van der Waals surface area contributed by atoms with E-state index in [2.05, 4.69) is 27.3 Å². The second-order valence-corrected chi connectivity index (χ2v) is 6.00. The van der Waals surface area contributed by atoms with Gasteiger partial charge < -0.3 is 0 Å². The molecule has 7 heteroatoms. The van der Waals surface area contributed by atoms with Crippen LogP contribution in [0, 0.1) is 5.82 Å². The zero-order chi connectivity index (χ0) is 16.4. The van der Waals surface area contributed by atoms with Crippen LogP contribution < -0.4 is 0 Å². The second kappa shape index (κ2) is 6.54. The van der Waals surface area contributed by atoms with Crippen molar-refractivity contribution in [2.75, 3.05) is 6.54 Å². The van der Waals surface area contributed by atoms with Crippen molar-refractivity contribution in [1.82, 2.24) is 25.1 Å². The molecule has 0 spiro atoms. The fourth-order valence-corrected chi connectivity index (χ4v) is 3.29. The van der Waals surface area contributed by atoms with Gasteiger partial charge in [0.1, 0.15) is 5.82 Å². The van der Waals surface area contributed by atoms with Gasteiger partial charge in [0, 0.05) is 25.1 Å². The number of ketones is 1. The normalized spacial score (nSPS) is 19.9. The molecule has 122 valence electrons. The fraction of sp³-hybridized carbons (Fsp3) is 0.500. The summed E-state index contributed by atoms with van der Waals surface area (Å²) in [6.07, 6.45) is 2.46. The molecular weight excluding hydrogens is 297 g/mol. The first-order valence-corrected chi connectivity index (χ1v) is 7.83. The van der Waals surface area contributed by atoms with E-state index in [1.54, 1.807) is 16.8 Å². The molecule has 0 N–H and O–H groups in total. The molecule has 2 aromatic rings. The van der Waals surface area contributed by atoms with Crippen molar-refractivity contribution in [1.29, 1.82) is 0 Å². The highest BCUT2D eigenvalue weighted by Gasteiger charge is 2.32. The molecule has 2 heterocycles. The lowest BCUT2D eigenvalue weighted by Crippen LogP contribution is -2.35. The highest BCUT2D eigenvalue weighted by molar-refractivity contribution is 5.96. The first kappa shape index (κ1) is 15.7. The zero-order valence-electron chi connectivity index (χ0n) is 13.3. The van der Waals surface area contributed by atoms with E-state index < -0.39 is 0 Å². The molecule has 3 rings (SSSR count). The number of hydrogen-bond acceptors (Lipinski definition) is 5. The smallest absolute Gasteiger partial charge is 0.167 e. The van der Waals surface area contributed by atoms with E-state index in [0.29, 0.717) is 12.0 Å². The standard InChI is InChI=1S/C16H20FN5O/c1-11(16-18-19-20-21(16)2)22-9-3-4-14(22)10-15(23)12-5-7-13(17)8-6-12/h5-8,11,14H,3-4,9-10H2,1-2H3/t11-,14-/m0/s1. The van der Waals surface area contributed by atoms with Crippen molar-refractivity contribution in [2.45, 2.75) is 38.3 Å². The SMILES string of the molecule is C[C@@H](c1nnnn1C)N1CCC[C@H]1CC(=O)c1ccc(F)cc1. The maximum atomic E-state index is 13.0. The Labute approximate surface area is 134 Å². The number of hydrogen-bond donors (Lipinski definition) is 0. The lowest BCUT2D eigenvalue weighted by molar-refractivity contribution is 0.0917. The Balaban J connectivity index is 1.70. The van der Waals surface area contributed by atoms with E-state index in [0.717, 1.165) is 25.2 Å². The Morgan fingerprint density at radius 3 is 2.78 bits per heavy atom. The average molecular weight is 317 g/mol.